The molecule has 33 heavy (non-hydrogen) atoms. The zero-order valence-corrected chi connectivity index (χ0v) is 18.0. The molecule has 2 amide bonds. The highest BCUT2D eigenvalue weighted by atomic mass is 19.4. The van der Waals surface area contributed by atoms with E-state index in [1.54, 1.807) is 25.1 Å². The molecule has 0 spiro atoms. The van der Waals surface area contributed by atoms with Crippen LogP contribution in [0.25, 0.3) is 0 Å². The van der Waals surface area contributed by atoms with E-state index in [4.69, 9.17) is 14.2 Å². The molecule has 0 heterocycles. The lowest BCUT2D eigenvalue weighted by molar-refractivity contribution is -0.146. The molecule has 2 aromatic carbocycles. The molecule has 0 aromatic heterocycles. The molecular weight excluding hydrogens is 445 g/mol. The van der Waals surface area contributed by atoms with Gasteiger partial charge >= 0.3 is 12.1 Å². The smallest absolute Gasteiger partial charge is 0.416 e. The van der Waals surface area contributed by atoms with Crippen molar-refractivity contribution in [2.45, 2.75) is 20.0 Å². The van der Waals surface area contributed by atoms with Crippen molar-refractivity contribution in [2.75, 3.05) is 31.7 Å². The molecule has 0 aliphatic carbocycles. The third kappa shape index (κ3) is 8.02. The van der Waals surface area contributed by atoms with Gasteiger partial charge in [-0.25, -0.2) is 0 Å². The van der Waals surface area contributed by atoms with Crippen LogP contribution in [0.2, 0.25) is 0 Å². The first kappa shape index (κ1) is 25.5. The van der Waals surface area contributed by atoms with Crippen LogP contribution in [0.3, 0.4) is 0 Å². The number of hydrogen-bond acceptors (Lipinski definition) is 6. The molecule has 0 saturated heterocycles. The summed E-state index contributed by atoms with van der Waals surface area (Å²) in [5.74, 6) is -1.31. The fraction of sp³-hybridized carbons (Fsp3) is 0.318. The molecule has 0 aliphatic rings. The molecule has 0 bridgehead atoms. The summed E-state index contributed by atoms with van der Waals surface area (Å²) < 4.78 is 53.4. The van der Waals surface area contributed by atoms with Gasteiger partial charge in [-0.05, 0) is 50.2 Å². The molecule has 178 valence electrons. The number of hydrogen-bond donors (Lipinski definition) is 2. The van der Waals surface area contributed by atoms with Crippen molar-refractivity contribution in [1.82, 2.24) is 5.32 Å². The molecule has 0 aliphatic heterocycles. The maximum atomic E-state index is 12.6. The maximum Gasteiger partial charge on any atom is 0.416 e. The van der Waals surface area contributed by atoms with Crippen LogP contribution in [0, 0.1) is 0 Å². The van der Waals surface area contributed by atoms with Crippen LogP contribution < -0.4 is 20.1 Å². The second-order valence-electron chi connectivity index (χ2n) is 6.49. The third-order valence-corrected chi connectivity index (χ3v) is 4.06. The number of esters is 1. The van der Waals surface area contributed by atoms with Crippen molar-refractivity contribution in [3.8, 4) is 11.5 Å². The molecule has 2 rings (SSSR count). The average molecular weight is 468 g/mol. The number of benzene rings is 2. The van der Waals surface area contributed by atoms with Crippen LogP contribution in [-0.4, -0.2) is 44.1 Å². The van der Waals surface area contributed by atoms with Crippen molar-refractivity contribution in [3.63, 3.8) is 0 Å². The summed E-state index contributed by atoms with van der Waals surface area (Å²) in [6.45, 7) is 3.30. The largest absolute Gasteiger partial charge is 0.490 e. The highest BCUT2D eigenvalue weighted by molar-refractivity contribution is 5.96. The highest BCUT2D eigenvalue weighted by Crippen LogP contribution is 2.31. The minimum absolute atomic E-state index is 0.0610. The fourth-order valence-corrected chi connectivity index (χ4v) is 2.59. The Morgan fingerprint density at radius 2 is 1.55 bits per heavy atom. The lowest BCUT2D eigenvalue weighted by Crippen LogP contribution is -2.32. The van der Waals surface area contributed by atoms with E-state index in [0.29, 0.717) is 30.4 Å². The van der Waals surface area contributed by atoms with E-state index in [1.807, 2.05) is 6.92 Å². The number of nitrogens with one attached hydrogen (secondary N) is 2. The molecule has 0 saturated carbocycles. The summed E-state index contributed by atoms with van der Waals surface area (Å²) in [5.41, 5.74) is -0.557. The Bertz CT molecular complexity index is 977. The van der Waals surface area contributed by atoms with Crippen molar-refractivity contribution in [2.24, 2.45) is 0 Å². The van der Waals surface area contributed by atoms with Crippen molar-refractivity contribution < 1.29 is 41.8 Å². The molecule has 11 heteroatoms. The Morgan fingerprint density at radius 1 is 0.909 bits per heavy atom. The van der Waals surface area contributed by atoms with E-state index in [1.165, 1.54) is 0 Å². The van der Waals surface area contributed by atoms with Crippen LogP contribution >= 0.6 is 0 Å². The zero-order chi connectivity index (χ0) is 24.4. The number of halogens is 3. The Balaban J connectivity index is 1.80. The summed E-state index contributed by atoms with van der Waals surface area (Å²) in [4.78, 5) is 35.8. The van der Waals surface area contributed by atoms with Gasteiger partial charge in [0.1, 0.15) is 6.54 Å². The van der Waals surface area contributed by atoms with E-state index in [0.717, 1.165) is 24.3 Å². The number of anilines is 1. The van der Waals surface area contributed by atoms with Gasteiger partial charge < -0.3 is 24.8 Å². The first-order valence-electron chi connectivity index (χ1n) is 9.94. The van der Waals surface area contributed by atoms with Gasteiger partial charge in [0.2, 0.25) is 0 Å². The van der Waals surface area contributed by atoms with Gasteiger partial charge in [-0.3, -0.25) is 14.4 Å². The zero-order valence-electron chi connectivity index (χ0n) is 18.0. The Hall–Kier alpha value is -3.76. The minimum Gasteiger partial charge on any atom is -0.490 e. The summed E-state index contributed by atoms with van der Waals surface area (Å²) in [5, 5.41) is 4.76. The highest BCUT2D eigenvalue weighted by Gasteiger charge is 2.30. The number of carbonyl (C=O) groups is 3. The number of rotatable bonds is 10. The number of alkyl halides is 3. The molecule has 2 aromatic rings. The summed E-state index contributed by atoms with van der Waals surface area (Å²) in [7, 11) is 0. The van der Waals surface area contributed by atoms with Crippen LogP contribution in [0.1, 0.15) is 29.8 Å². The second-order valence-corrected chi connectivity index (χ2v) is 6.49. The molecule has 2 N–H and O–H groups in total. The molecule has 0 radical (unpaired) electrons. The normalized spacial score (nSPS) is 10.8. The molecular formula is C22H23F3N2O6. The molecule has 8 nitrogen and oxygen atoms in total. The monoisotopic (exact) mass is 468 g/mol. The Kier molecular flexibility index (Phi) is 9.08. The predicted octanol–water partition coefficient (Wildman–Crippen LogP) is 3.41. The van der Waals surface area contributed by atoms with E-state index in [2.05, 4.69) is 10.6 Å². The van der Waals surface area contributed by atoms with Crippen molar-refractivity contribution in [1.29, 1.82) is 0 Å². The number of amides is 2. The molecule has 0 unspecified atom stereocenters. The van der Waals surface area contributed by atoms with E-state index < -0.39 is 42.7 Å². The van der Waals surface area contributed by atoms with Crippen LogP contribution in [-0.2, 0) is 20.5 Å². The van der Waals surface area contributed by atoms with E-state index >= 15 is 0 Å². The number of carbonyl (C=O) groups excluding carboxylic acids is 3. The third-order valence-electron chi connectivity index (χ3n) is 4.06. The van der Waals surface area contributed by atoms with Gasteiger partial charge in [-0.2, -0.15) is 13.2 Å². The first-order valence-corrected chi connectivity index (χ1v) is 9.94. The fourth-order valence-electron chi connectivity index (χ4n) is 2.59. The van der Waals surface area contributed by atoms with Crippen molar-refractivity contribution >= 4 is 23.5 Å². The van der Waals surface area contributed by atoms with Gasteiger partial charge in [0.25, 0.3) is 11.8 Å². The van der Waals surface area contributed by atoms with Crippen LogP contribution in [0.15, 0.2) is 42.5 Å². The average Bonchev–Trinajstić information content (AvgIpc) is 2.77. The summed E-state index contributed by atoms with van der Waals surface area (Å²) >= 11 is 0. The van der Waals surface area contributed by atoms with Gasteiger partial charge in [-0.1, -0.05) is 0 Å². The standard InChI is InChI=1S/C22H23F3N2O6/c1-3-31-17-10-9-16(11-18(17)32-4-2)27-19(28)13-33-20(29)12-26-21(30)14-5-7-15(8-6-14)22(23,24)25/h5-11H,3-4,12-13H2,1-2H3,(H,26,30)(H,27,28). The van der Waals surface area contributed by atoms with Crippen LogP contribution in [0.4, 0.5) is 18.9 Å². The van der Waals surface area contributed by atoms with Gasteiger partial charge in [-0.15, -0.1) is 0 Å². The SMILES string of the molecule is CCOc1ccc(NC(=O)COC(=O)CNC(=O)c2ccc(C(F)(F)F)cc2)cc1OCC. The summed E-state index contributed by atoms with van der Waals surface area (Å²) in [6.07, 6.45) is -4.52. The van der Waals surface area contributed by atoms with Gasteiger partial charge in [0.05, 0.1) is 18.8 Å². The van der Waals surface area contributed by atoms with Crippen LogP contribution in [0.5, 0.6) is 11.5 Å². The predicted molar refractivity (Wildman–Crippen MR) is 112 cm³/mol. The van der Waals surface area contributed by atoms with Gasteiger partial charge in [0, 0.05) is 17.3 Å². The topological polar surface area (TPSA) is 103 Å². The minimum atomic E-state index is -4.52. The lowest BCUT2D eigenvalue weighted by atomic mass is 10.1. The lowest BCUT2D eigenvalue weighted by Gasteiger charge is -2.13. The van der Waals surface area contributed by atoms with E-state index in [-0.39, 0.29) is 5.56 Å². The molecule has 0 fully saturated rings. The Labute approximate surface area is 188 Å². The number of ether oxygens (including phenoxy) is 3. The Morgan fingerprint density at radius 3 is 2.15 bits per heavy atom. The first-order chi connectivity index (χ1) is 15.6. The van der Waals surface area contributed by atoms with Crippen molar-refractivity contribution in [3.05, 3.63) is 53.6 Å². The summed E-state index contributed by atoms with van der Waals surface area (Å²) in [6, 6.07) is 8.29. The quantitative estimate of drug-likeness (QED) is 0.518. The molecule has 0 atom stereocenters. The second kappa shape index (κ2) is 11.7. The maximum absolute atomic E-state index is 12.6. The van der Waals surface area contributed by atoms with E-state index in [9.17, 15) is 27.6 Å². The van der Waals surface area contributed by atoms with Gasteiger partial charge in [0.15, 0.2) is 18.1 Å².